The van der Waals surface area contributed by atoms with Crippen molar-refractivity contribution in [3.05, 3.63) is 59.4 Å². The van der Waals surface area contributed by atoms with Gasteiger partial charge in [0.25, 0.3) is 0 Å². The molecular formula is C18H17FN2O3. The van der Waals surface area contributed by atoms with Crippen LogP contribution < -0.4 is 10.1 Å². The topological polar surface area (TPSA) is 82.4 Å². The molecule has 0 radical (unpaired) electrons. The second-order valence-electron chi connectivity index (χ2n) is 5.23. The van der Waals surface area contributed by atoms with Crippen molar-refractivity contribution in [3.63, 3.8) is 0 Å². The Labute approximate surface area is 139 Å². The van der Waals surface area contributed by atoms with Crippen LogP contribution in [0, 0.1) is 17.1 Å². The molecule has 6 heteroatoms. The van der Waals surface area contributed by atoms with E-state index in [2.05, 4.69) is 5.32 Å². The number of rotatable bonds is 6. The molecule has 0 heterocycles. The monoisotopic (exact) mass is 328 g/mol. The van der Waals surface area contributed by atoms with E-state index in [4.69, 9.17) is 10.00 Å². The fourth-order valence-corrected chi connectivity index (χ4v) is 2.50. The Balaban J connectivity index is 2.47. The molecule has 0 saturated carbocycles. The molecular weight excluding hydrogens is 311 g/mol. The van der Waals surface area contributed by atoms with Gasteiger partial charge in [-0.15, -0.1) is 0 Å². The lowest BCUT2D eigenvalue weighted by atomic mass is 9.86. The van der Waals surface area contributed by atoms with E-state index in [1.165, 1.54) is 19.2 Å². The molecule has 0 aromatic heterocycles. The summed E-state index contributed by atoms with van der Waals surface area (Å²) in [5, 5.41) is 21.6. The molecule has 0 saturated heterocycles. The van der Waals surface area contributed by atoms with Crippen LogP contribution in [0.3, 0.4) is 0 Å². The van der Waals surface area contributed by atoms with Crippen LogP contribution >= 0.6 is 0 Å². The number of nitrogens with one attached hydrogen (secondary N) is 1. The predicted octanol–water partition coefficient (Wildman–Crippen LogP) is 3.51. The van der Waals surface area contributed by atoms with Gasteiger partial charge < -0.3 is 15.2 Å². The van der Waals surface area contributed by atoms with Crippen LogP contribution in [0.2, 0.25) is 0 Å². The summed E-state index contributed by atoms with van der Waals surface area (Å²) in [7, 11) is 1.34. The van der Waals surface area contributed by atoms with E-state index in [9.17, 15) is 14.3 Å². The number of benzene rings is 2. The standard InChI is InChI=1S/C18H17FN2O3/c1-3-18(17(22)23,13-6-9-16(24-2)15(19)10-13)21-14-7-4-12(11-20)5-8-14/h4-10,21H,3H2,1-2H3,(H,22,23). The maximum absolute atomic E-state index is 14.0. The van der Waals surface area contributed by atoms with Crippen LogP contribution in [0.15, 0.2) is 42.5 Å². The largest absolute Gasteiger partial charge is 0.494 e. The number of halogens is 1. The van der Waals surface area contributed by atoms with E-state index in [1.54, 1.807) is 31.2 Å². The van der Waals surface area contributed by atoms with Crippen LogP contribution in [0.4, 0.5) is 10.1 Å². The third-order valence-corrected chi connectivity index (χ3v) is 3.91. The summed E-state index contributed by atoms with van der Waals surface area (Å²) in [5.41, 5.74) is -0.232. The smallest absolute Gasteiger partial charge is 0.334 e. The normalized spacial score (nSPS) is 12.8. The molecule has 0 aliphatic carbocycles. The summed E-state index contributed by atoms with van der Waals surface area (Å²) in [5.74, 6) is -1.71. The van der Waals surface area contributed by atoms with Gasteiger partial charge in [0, 0.05) is 5.69 Å². The van der Waals surface area contributed by atoms with Gasteiger partial charge in [0.1, 0.15) is 0 Å². The first-order valence-electron chi connectivity index (χ1n) is 7.32. The molecule has 0 fully saturated rings. The van der Waals surface area contributed by atoms with Gasteiger partial charge in [-0.3, -0.25) is 0 Å². The van der Waals surface area contributed by atoms with E-state index in [0.29, 0.717) is 11.3 Å². The molecule has 2 N–H and O–H groups in total. The van der Waals surface area contributed by atoms with Gasteiger partial charge in [0.05, 0.1) is 18.7 Å². The van der Waals surface area contributed by atoms with E-state index < -0.39 is 17.3 Å². The molecule has 1 atom stereocenters. The maximum Gasteiger partial charge on any atom is 0.334 e. The number of hydrogen-bond donors (Lipinski definition) is 2. The Kier molecular flexibility index (Phi) is 5.05. The van der Waals surface area contributed by atoms with Crippen molar-refractivity contribution in [1.82, 2.24) is 0 Å². The van der Waals surface area contributed by atoms with Gasteiger partial charge in [0.2, 0.25) is 0 Å². The van der Waals surface area contributed by atoms with E-state index in [-0.39, 0.29) is 17.7 Å². The highest BCUT2D eigenvalue weighted by atomic mass is 19.1. The van der Waals surface area contributed by atoms with Gasteiger partial charge in [-0.2, -0.15) is 5.26 Å². The highest BCUT2D eigenvalue weighted by molar-refractivity contribution is 5.84. The van der Waals surface area contributed by atoms with Gasteiger partial charge in [0.15, 0.2) is 17.1 Å². The Morgan fingerprint density at radius 1 is 1.33 bits per heavy atom. The Morgan fingerprint density at radius 3 is 2.46 bits per heavy atom. The summed E-state index contributed by atoms with van der Waals surface area (Å²) in [6, 6.07) is 12.5. The lowest BCUT2D eigenvalue weighted by Gasteiger charge is -2.31. The Morgan fingerprint density at radius 2 is 2.00 bits per heavy atom. The first-order chi connectivity index (χ1) is 11.5. The van der Waals surface area contributed by atoms with Crippen molar-refractivity contribution < 1.29 is 19.0 Å². The molecule has 124 valence electrons. The molecule has 2 aromatic carbocycles. The fourth-order valence-electron chi connectivity index (χ4n) is 2.50. The Bertz CT molecular complexity index is 784. The Hall–Kier alpha value is -3.07. The SMILES string of the molecule is CCC(Nc1ccc(C#N)cc1)(C(=O)O)c1ccc(OC)c(F)c1. The second kappa shape index (κ2) is 7.01. The fraction of sp³-hybridized carbons (Fsp3) is 0.222. The number of ether oxygens (including phenoxy) is 1. The number of anilines is 1. The number of carboxylic acids is 1. The van der Waals surface area contributed by atoms with Crippen molar-refractivity contribution >= 4 is 11.7 Å². The minimum atomic E-state index is -1.50. The molecule has 5 nitrogen and oxygen atoms in total. The molecule has 24 heavy (non-hydrogen) atoms. The van der Waals surface area contributed by atoms with Crippen molar-refractivity contribution in [3.8, 4) is 11.8 Å². The van der Waals surface area contributed by atoms with Crippen molar-refractivity contribution in [1.29, 1.82) is 5.26 Å². The zero-order chi connectivity index (χ0) is 17.7. The van der Waals surface area contributed by atoms with Crippen LogP contribution in [-0.4, -0.2) is 18.2 Å². The second-order valence-corrected chi connectivity index (χ2v) is 5.23. The quantitative estimate of drug-likeness (QED) is 0.848. The lowest BCUT2D eigenvalue weighted by molar-refractivity contribution is -0.142. The predicted molar refractivity (Wildman–Crippen MR) is 87.3 cm³/mol. The third kappa shape index (κ3) is 3.15. The number of aliphatic carboxylic acids is 1. The van der Waals surface area contributed by atoms with E-state index in [0.717, 1.165) is 6.07 Å². The maximum atomic E-state index is 14.0. The summed E-state index contributed by atoms with van der Waals surface area (Å²) in [6.45, 7) is 1.70. The van der Waals surface area contributed by atoms with Crippen molar-refractivity contribution in [2.75, 3.05) is 12.4 Å². The number of carbonyl (C=O) groups is 1. The van der Waals surface area contributed by atoms with Crippen LogP contribution in [-0.2, 0) is 10.3 Å². The minimum absolute atomic E-state index is 0.0486. The van der Waals surface area contributed by atoms with Crippen LogP contribution in [0.25, 0.3) is 0 Å². The molecule has 0 bridgehead atoms. The molecule has 0 spiro atoms. The summed E-state index contributed by atoms with van der Waals surface area (Å²) >= 11 is 0. The molecule has 0 aliphatic rings. The van der Waals surface area contributed by atoms with Crippen LogP contribution in [0.5, 0.6) is 5.75 Å². The van der Waals surface area contributed by atoms with Gasteiger partial charge in [-0.25, -0.2) is 9.18 Å². The van der Waals surface area contributed by atoms with Gasteiger partial charge in [-0.05, 0) is 48.4 Å². The van der Waals surface area contributed by atoms with Gasteiger partial charge in [-0.1, -0.05) is 13.0 Å². The molecule has 2 rings (SSSR count). The number of hydrogen-bond acceptors (Lipinski definition) is 4. The first kappa shape index (κ1) is 17.3. The average Bonchev–Trinajstić information content (AvgIpc) is 2.60. The molecule has 1 unspecified atom stereocenters. The number of nitriles is 1. The molecule has 0 aliphatic heterocycles. The molecule has 2 aromatic rings. The highest BCUT2D eigenvalue weighted by Crippen LogP contribution is 2.33. The molecule has 0 amide bonds. The summed E-state index contributed by atoms with van der Waals surface area (Å²) < 4.78 is 18.9. The highest BCUT2D eigenvalue weighted by Gasteiger charge is 2.39. The van der Waals surface area contributed by atoms with Gasteiger partial charge >= 0.3 is 5.97 Å². The summed E-state index contributed by atoms with van der Waals surface area (Å²) in [6.07, 6.45) is 0.189. The van der Waals surface area contributed by atoms with E-state index >= 15 is 0 Å². The van der Waals surface area contributed by atoms with Crippen molar-refractivity contribution in [2.45, 2.75) is 18.9 Å². The number of nitrogens with zero attached hydrogens (tertiary/aromatic N) is 1. The summed E-state index contributed by atoms with van der Waals surface area (Å²) in [4.78, 5) is 12.0. The van der Waals surface area contributed by atoms with Crippen molar-refractivity contribution in [2.24, 2.45) is 0 Å². The third-order valence-electron chi connectivity index (χ3n) is 3.91. The first-order valence-corrected chi connectivity index (χ1v) is 7.32. The zero-order valence-electron chi connectivity index (χ0n) is 13.3. The minimum Gasteiger partial charge on any atom is -0.494 e. The lowest BCUT2D eigenvalue weighted by Crippen LogP contribution is -2.43. The average molecular weight is 328 g/mol. The zero-order valence-corrected chi connectivity index (χ0v) is 13.3. The van der Waals surface area contributed by atoms with E-state index in [1.807, 2.05) is 6.07 Å². The van der Waals surface area contributed by atoms with Crippen LogP contribution in [0.1, 0.15) is 24.5 Å². The number of methoxy groups -OCH3 is 1. The number of carboxylic acid groups (broad SMARTS) is 1.